The zero-order chi connectivity index (χ0) is 25.0. The fourth-order valence-electron chi connectivity index (χ4n) is 4.14. The van der Waals surface area contributed by atoms with Crippen molar-refractivity contribution in [3.05, 3.63) is 43.0 Å². The zero-order valence-corrected chi connectivity index (χ0v) is 21.3. The first-order chi connectivity index (χ1) is 15.8. The van der Waals surface area contributed by atoms with Gasteiger partial charge in [0.05, 0.1) is 38.2 Å². The Kier molecular flexibility index (Phi) is 12.7. The number of nitrogens with zero attached hydrogens (tertiary/aromatic N) is 1. The number of aliphatic hydroxyl groups excluding tert-OH is 1. The van der Waals surface area contributed by atoms with Crippen molar-refractivity contribution in [2.45, 2.75) is 45.5 Å². The van der Waals surface area contributed by atoms with Gasteiger partial charge in [0.25, 0.3) is 0 Å². The molecule has 33 heavy (non-hydrogen) atoms. The Morgan fingerprint density at radius 1 is 1.03 bits per heavy atom. The van der Waals surface area contributed by atoms with Gasteiger partial charge < -0.3 is 29.0 Å². The predicted octanol–water partition coefficient (Wildman–Crippen LogP) is 4.63. The van der Waals surface area contributed by atoms with Crippen molar-refractivity contribution in [3.8, 4) is 23.3 Å². The standard InChI is InChI=1S/C27H41NO5/c1-10-13-19(4)26(32-8)24(31-7)16-20(5)25(29)22-17-21(30-6)18-23(27(22)33-9)28(14-11-2)15-12-3/h11-12,17-20,24-26,29H,2-3,14-16H2,1,4-9H3/t19-,20-,24-,25+,26+/m0/s1. The van der Waals surface area contributed by atoms with Crippen molar-refractivity contribution < 1.29 is 24.1 Å². The average molecular weight is 460 g/mol. The third-order valence-electron chi connectivity index (χ3n) is 5.82. The van der Waals surface area contributed by atoms with Gasteiger partial charge in [0.1, 0.15) is 11.5 Å². The molecule has 0 aliphatic rings. The highest BCUT2D eigenvalue weighted by atomic mass is 16.5. The fourth-order valence-corrected chi connectivity index (χ4v) is 4.14. The molecule has 0 aliphatic carbocycles. The Hall–Kier alpha value is -2.46. The first kappa shape index (κ1) is 28.6. The van der Waals surface area contributed by atoms with Crippen LogP contribution in [0, 0.1) is 23.7 Å². The summed E-state index contributed by atoms with van der Waals surface area (Å²) in [5, 5.41) is 11.4. The monoisotopic (exact) mass is 459 g/mol. The molecule has 0 unspecified atom stereocenters. The van der Waals surface area contributed by atoms with Crippen LogP contribution < -0.4 is 14.4 Å². The first-order valence-electron chi connectivity index (χ1n) is 11.2. The van der Waals surface area contributed by atoms with E-state index in [9.17, 15) is 5.11 Å². The summed E-state index contributed by atoms with van der Waals surface area (Å²) in [4.78, 5) is 2.06. The highest BCUT2D eigenvalue weighted by molar-refractivity contribution is 5.66. The van der Waals surface area contributed by atoms with Gasteiger partial charge in [-0.3, -0.25) is 0 Å². The molecule has 6 nitrogen and oxygen atoms in total. The number of anilines is 1. The molecular formula is C27H41NO5. The topological polar surface area (TPSA) is 60.4 Å². The molecule has 0 bridgehead atoms. The molecule has 1 aromatic rings. The fraction of sp³-hybridized carbons (Fsp3) is 0.556. The number of hydrogen-bond acceptors (Lipinski definition) is 6. The van der Waals surface area contributed by atoms with E-state index >= 15 is 0 Å². The summed E-state index contributed by atoms with van der Waals surface area (Å²) in [6, 6.07) is 3.72. The maximum absolute atomic E-state index is 11.4. The van der Waals surface area contributed by atoms with Gasteiger partial charge in [-0.1, -0.05) is 25.0 Å². The van der Waals surface area contributed by atoms with Crippen LogP contribution in [0.4, 0.5) is 5.69 Å². The number of hydrogen-bond donors (Lipinski definition) is 1. The van der Waals surface area contributed by atoms with E-state index in [1.54, 1.807) is 28.4 Å². The molecule has 5 atom stereocenters. The van der Waals surface area contributed by atoms with Crippen LogP contribution in [0.5, 0.6) is 11.5 Å². The molecule has 0 aliphatic heterocycles. The third kappa shape index (κ3) is 7.53. The number of aliphatic hydroxyl groups is 1. The molecule has 0 radical (unpaired) electrons. The lowest BCUT2D eigenvalue weighted by Crippen LogP contribution is -2.37. The number of rotatable bonds is 15. The van der Waals surface area contributed by atoms with Crippen LogP contribution in [0.2, 0.25) is 0 Å². The summed E-state index contributed by atoms with van der Waals surface area (Å²) in [7, 11) is 6.54. The summed E-state index contributed by atoms with van der Waals surface area (Å²) >= 11 is 0. The lowest BCUT2D eigenvalue weighted by atomic mass is 9.87. The largest absolute Gasteiger partial charge is 0.497 e. The van der Waals surface area contributed by atoms with Crippen LogP contribution in [0.3, 0.4) is 0 Å². The van der Waals surface area contributed by atoms with Gasteiger partial charge in [0.2, 0.25) is 0 Å². The molecule has 0 amide bonds. The van der Waals surface area contributed by atoms with Gasteiger partial charge in [0.15, 0.2) is 0 Å². The average Bonchev–Trinajstić information content (AvgIpc) is 2.82. The van der Waals surface area contributed by atoms with Crippen LogP contribution in [-0.2, 0) is 9.47 Å². The molecular weight excluding hydrogens is 418 g/mol. The Morgan fingerprint density at radius 3 is 2.12 bits per heavy atom. The smallest absolute Gasteiger partial charge is 0.148 e. The summed E-state index contributed by atoms with van der Waals surface area (Å²) in [5.74, 6) is 7.17. The Bertz CT molecular complexity index is 803. The van der Waals surface area contributed by atoms with Gasteiger partial charge in [0, 0.05) is 44.9 Å². The minimum absolute atomic E-state index is 0.00128. The Balaban J connectivity index is 3.36. The van der Waals surface area contributed by atoms with Crippen LogP contribution in [0.1, 0.15) is 38.9 Å². The highest BCUT2D eigenvalue weighted by Crippen LogP contribution is 2.42. The van der Waals surface area contributed by atoms with E-state index < -0.39 is 6.10 Å². The SMILES string of the molecule is C=CCN(CC=C)c1cc(OC)cc([C@H](O)[C@@H](C)C[C@H](OC)[C@H](OC)[C@@H](C)C#CC)c1OC. The van der Waals surface area contributed by atoms with Gasteiger partial charge in [-0.2, -0.15) is 0 Å². The maximum atomic E-state index is 11.4. The van der Waals surface area contributed by atoms with Gasteiger partial charge >= 0.3 is 0 Å². The Morgan fingerprint density at radius 2 is 1.67 bits per heavy atom. The highest BCUT2D eigenvalue weighted by Gasteiger charge is 2.32. The lowest BCUT2D eigenvalue weighted by molar-refractivity contribution is -0.0677. The van der Waals surface area contributed by atoms with E-state index in [2.05, 4.69) is 29.9 Å². The Labute approximate surface area is 200 Å². The molecule has 0 saturated heterocycles. The zero-order valence-electron chi connectivity index (χ0n) is 21.3. The van der Waals surface area contributed by atoms with Gasteiger partial charge in [-0.05, 0) is 32.3 Å². The molecule has 0 fully saturated rings. The maximum Gasteiger partial charge on any atom is 0.148 e. The number of benzene rings is 1. The molecule has 184 valence electrons. The van der Waals surface area contributed by atoms with Crippen LogP contribution in [0.25, 0.3) is 0 Å². The van der Waals surface area contributed by atoms with E-state index in [1.165, 1.54) is 0 Å². The van der Waals surface area contributed by atoms with Gasteiger partial charge in [-0.25, -0.2) is 0 Å². The number of methoxy groups -OCH3 is 4. The third-order valence-corrected chi connectivity index (χ3v) is 5.82. The van der Waals surface area contributed by atoms with E-state index in [0.717, 1.165) is 5.69 Å². The molecule has 6 heteroatoms. The summed E-state index contributed by atoms with van der Waals surface area (Å²) in [6.45, 7) is 14.7. The second kappa shape index (κ2) is 14.6. The molecule has 0 aromatic heterocycles. The second-order valence-electron chi connectivity index (χ2n) is 8.07. The minimum Gasteiger partial charge on any atom is -0.497 e. The van der Waals surface area contributed by atoms with Crippen molar-refractivity contribution in [2.24, 2.45) is 11.8 Å². The van der Waals surface area contributed by atoms with Crippen molar-refractivity contribution in [1.29, 1.82) is 0 Å². The van der Waals surface area contributed by atoms with E-state index in [4.69, 9.17) is 18.9 Å². The molecule has 1 N–H and O–H groups in total. The predicted molar refractivity (Wildman–Crippen MR) is 135 cm³/mol. The second-order valence-corrected chi connectivity index (χ2v) is 8.07. The summed E-state index contributed by atoms with van der Waals surface area (Å²) in [6.07, 6.45) is 2.95. The lowest BCUT2D eigenvalue weighted by Gasteiger charge is -2.32. The number of ether oxygens (including phenoxy) is 4. The van der Waals surface area contributed by atoms with Crippen molar-refractivity contribution in [1.82, 2.24) is 0 Å². The molecule has 1 aromatic carbocycles. The van der Waals surface area contributed by atoms with E-state index in [0.29, 0.717) is 36.6 Å². The van der Waals surface area contributed by atoms with Crippen molar-refractivity contribution in [2.75, 3.05) is 46.4 Å². The summed E-state index contributed by atoms with van der Waals surface area (Å²) in [5.41, 5.74) is 1.46. The molecule has 0 saturated carbocycles. The van der Waals surface area contributed by atoms with E-state index in [1.807, 2.05) is 45.1 Å². The quantitative estimate of drug-likeness (QED) is 0.305. The van der Waals surface area contributed by atoms with Crippen LogP contribution in [-0.4, -0.2) is 58.8 Å². The normalized spacial score (nSPS) is 15.3. The van der Waals surface area contributed by atoms with Crippen molar-refractivity contribution >= 4 is 5.69 Å². The molecule has 0 spiro atoms. The van der Waals surface area contributed by atoms with Crippen LogP contribution >= 0.6 is 0 Å². The van der Waals surface area contributed by atoms with Crippen LogP contribution in [0.15, 0.2) is 37.4 Å². The first-order valence-corrected chi connectivity index (χ1v) is 11.2. The molecule has 1 rings (SSSR count). The minimum atomic E-state index is -0.814. The van der Waals surface area contributed by atoms with Gasteiger partial charge in [-0.15, -0.1) is 19.1 Å². The summed E-state index contributed by atoms with van der Waals surface area (Å²) < 4.78 is 22.8. The van der Waals surface area contributed by atoms with E-state index in [-0.39, 0.29) is 24.0 Å². The van der Waals surface area contributed by atoms with Crippen molar-refractivity contribution in [3.63, 3.8) is 0 Å². The molecule has 0 heterocycles.